The second-order valence-corrected chi connectivity index (χ2v) is 5.78. The summed E-state index contributed by atoms with van der Waals surface area (Å²) in [7, 11) is 0. The Morgan fingerprint density at radius 3 is 2.89 bits per heavy atom. The van der Waals surface area contributed by atoms with Crippen LogP contribution < -0.4 is 11.1 Å². The molecule has 5 nitrogen and oxygen atoms in total. The number of carbonyl (C=O) groups is 1. The minimum atomic E-state index is -0.398. The molecule has 0 aromatic carbocycles. The van der Waals surface area contributed by atoms with E-state index < -0.39 is 5.97 Å². The molecule has 0 atom stereocenters. The van der Waals surface area contributed by atoms with Crippen LogP contribution in [0.3, 0.4) is 0 Å². The van der Waals surface area contributed by atoms with Crippen molar-refractivity contribution in [3.8, 4) is 0 Å². The molecule has 0 aliphatic heterocycles. The molecule has 3 N–H and O–H groups in total. The molecule has 0 unspecified atom stereocenters. The second-order valence-electron chi connectivity index (χ2n) is 5.01. The summed E-state index contributed by atoms with van der Waals surface area (Å²) in [6, 6.07) is 0. The Morgan fingerprint density at radius 1 is 1.61 bits per heavy atom. The van der Waals surface area contributed by atoms with E-state index in [1.165, 1.54) is 30.8 Å². The first-order valence-electron chi connectivity index (χ1n) is 6.22. The number of nitrogens with one attached hydrogen (secondary N) is 1. The van der Waals surface area contributed by atoms with E-state index in [0.29, 0.717) is 17.6 Å². The lowest BCUT2D eigenvalue weighted by atomic mass is 9.70. The van der Waals surface area contributed by atoms with Crippen LogP contribution in [-0.2, 0) is 4.74 Å². The SMILES string of the molecule is CCOC(=O)c1c(N)nsc1NCC1(C)CCC1. The van der Waals surface area contributed by atoms with Crippen molar-refractivity contribution in [2.75, 3.05) is 24.2 Å². The molecule has 1 aromatic rings. The first kappa shape index (κ1) is 13.1. The fourth-order valence-electron chi connectivity index (χ4n) is 2.07. The minimum Gasteiger partial charge on any atom is -0.462 e. The molecule has 1 heterocycles. The van der Waals surface area contributed by atoms with Crippen molar-refractivity contribution in [2.24, 2.45) is 5.41 Å². The fraction of sp³-hybridized carbons (Fsp3) is 0.667. The molecule has 1 aromatic heterocycles. The van der Waals surface area contributed by atoms with E-state index in [9.17, 15) is 4.79 Å². The number of nitrogen functional groups attached to an aromatic ring is 1. The van der Waals surface area contributed by atoms with Gasteiger partial charge in [-0.1, -0.05) is 13.3 Å². The molecular weight excluding hydrogens is 250 g/mol. The summed E-state index contributed by atoms with van der Waals surface area (Å²) < 4.78 is 9.01. The number of rotatable bonds is 5. The lowest BCUT2D eigenvalue weighted by Gasteiger charge is -2.38. The number of esters is 1. The van der Waals surface area contributed by atoms with Crippen LogP contribution >= 0.6 is 11.5 Å². The molecule has 0 radical (unpaired) electrons. The number of hydrogen-bond acceptors (Lipinski definition) is 6. The number of ether oxygens (including phenoxy) is 1. The highest BCUT2D eigenvalue weighted by Crippen LogP contribution is 2.41. The number of nitrogens with zero attached hydrogens (tertiary/aromatic N) is 1. The van der Waals surface area contributed by atoms with Crippen LogP contribution in [0.15, 0.2) is 0 Å². The molecule has 1 fully saturated rings. The summed E-state index contributed by atoms with van der Waals surface area (Å²) in [5.74, 6) is -0.148. The lowest BCUT2D eigenvalue weighted by Crippen LogP contribution is -2.33. The molecule has 100 valence electrons. The third-order valence-electron chi connectivity index (χ3n) is 3.43. The van der Waals surface area contributed by atoms with Gasteiger partial charge in [0.15, 0.2) is 5.82 Å². The number of carbonyl (C=O) groups excluding carboxylic acids is 1. The van der Waals surface area contributed by atoms with Gasteiger partial charge in [0.05, 0.1) is 6.61 Å². The minimum absolute atomic E-state index is 0.250. The Bertz CT molecular complexity index is 441. The van der Waals surface area contributed by atoms with E-state index in [0.717, 1.165) is 11.5 Å². The van der Waals surface area contributed by atoms with Crippen LogP contribution in [0.5, 0.6) is 0 Å². The standard InChI is InChI=1S/C12H19N3O2S/c1-3-17-11(16)8-9(13)15-18-10(8)14-7-12(2)5-4-6-12/h14H,3-7H2,1-2H3,(H2,13,15). The Balaban J connectivity index is 2.06. The monoisotopic (exact) mass is 269 g/mol. The van der Waals surface area contributed by atoms with Gasteiger partial charge in [0.1, 0.15) is 10.6 Å². The van der Waals surface area contributed by atoms with Gasteiger partial charge in [-0.3, -0.25) is 0 Å². The predicted molar refractivity (Wildman–Crippen MR) is 72.9 cm³/mol. The molecule has 6 heteroatoms. The van der Waals surface area contributed by atoms with Gasteiger partial charge in [-0.15, -0.1) is 0 Å². The van der Waals surface area contributed by atoms with Gasteiger partial charge in [0, 0.05) is 6.54 Å². The summed E-state index contributed by atoms with van der Waals surface area (Å²) >= 11 is 1.22. The molecule has 0 spiro atoms. The third-order valence-corrected chi connectivity index (χ3v) is 4.25. The molecule has 1 aliphatic rings. The van der Waals surface area contributed by atoms with Crippen LogP contribution in [0.1, 0.15) is 43.5 Å². The highest BCUT2D eigenvalue weighted by atomic mass is 32.1. The van der Waals surface area contributed by atoms with Crippen LogP contribution in [0.4, 0.5) is 10.8 Å². The first-order chi connectivity index (χ1) is 8.56. The van der Waals surface area contributed by atoms with Gasteiger partial charge in [0.25, 0.3) is 0 Å². The van der Waals surface area contributed by atoms with E-state index in [1.807, 2.05) is 0 Å². The van der Waals surface area contributed by atoms with Crippen molar-refractivity contribution in [3.63, 3.8) is 0 Å². The zero-order valence-corrected chi connectivity index (χ0v) is 11.6. The zero-order valence-electron chi connectivity index (χ0n) is 10.8. The van der Waals surface area contributed by atoms with Crippen molar-refractivity contribution in [2.45, 2.75) is 33.1 Å². The van der Waals surface area contributed by atoms with E-state index >= 15 is 0 Å². The van der Waals surface area contributed by atoms with Gasteiger partial charge in [-0.2, -0.15) is 4.37 Å². The number of aromatic nitrogens is 1. The molecule has 18 heavy (non-hydrogen) atoms. The Morgan fingerprint density at radius 2 is 2.33 bits per heavy atom. The maximum atomic E-state index is 11.8. The smallest absolute Gasteiger partial charge is 0.344 e. The van der Waals surface area contributed by atoms with Crippen molar-refractivity contribution in [1.82, 2.24) is 4.37 Å². The van der Waals surface area contributed by atoms with Crippen LogP contribution in [0, 0.1) is 5.41 Å². The molecule has 0 bridgehead atoms. The van der Waals surface area contributed by atoms with Gasteiger partial charge >= 0.3 is 5.97 Å². The van der Waals surface area contributed by atoms with Crippen molar-refractivity contribution >= 4 is 28.3 Å². The number of hydrogen-bond donors (Lipinski definition) is 2. The summed E-state index contributed by atoms with van der Waals surface area (Å²) in [6.07, 6.45) is 3.74. The highest BCUT2D eigenvalue weighted by Gasteiger charge is 2.32. The molecule has 1 saturated carbocycles. The largest absolute Gasteiger partial charge is 0.462 e. The van der Waals surface area contributed by atoms with Crippen molar-refractivity contribution < 1.29 is 9.53 Å². The highest BCUT2D eigenvalue weighted by molar-refractivity contribution is 7.11. The van der Waals surface area contributed by atoms with E-state index in [2.05, 4.69) is 16.6 Å². The average Bonchev–Trinajstić information content (AvgIpc) is 2.66. The van der Waals surface area contributed by atoms with E-state index in [4.69, 9.17) is 10.5 Å². The number of nitrogens with two attached hydrogens (primary N) is 1. The van der Waals surface area contributed by atoms with Crippen LogP contribution in [0.2, 0.25) is 0 Å². The van der Waals surface area contributed by atoms with Crippen LogP contribution in [0.25, 0.3) is 0 Å². The van der Waals surface area contributed by atoms with Gasteiger partial charge < -0.3 is 15.8 Å². The van der Waals surface area contributed by atoms with E-state index in [1.54, 1.807) is 6.92 Å². The zero-order chi connectivity index (χ0) is 13.2. The van der Waals surface area contributed by atoms with Gasteiger partial charge in [-0.25, -0.2) is 4.79 Å². The topological polar surface area (TPSA) is 77.2 Å². The normalized spacial score (nSPS) is 17.0. The molecule has 0 saturated heterocycles. The maximum absolute atomic E-state index is 11.8. The lowest BCUT2D eigenvalue weighted by molar-refractivity contribution is 0.0529. The summed E-state index contributed by atoms with van der Waals surface area (Å²) in [5.41, 5.74) is 6.43. The number of anilines is 2. The predicted octanol–water partition coefficient (Wildman–Crippen LogP) is 2.50. The van der Waals surface area contributed by atoms with Crippen LogP contribution in [-0.4, -0.2) is 23.5 Å². The maximum Gasteiger partial charge on any atom is 0.344 e. The third kappa shape index (κ3) is 2.58. The summed E-state index contributed by atoms with van der Waals surface area (Å²) in [5, 5.41) is 4.01. The molecule has 1 aliphatic carbocycles. The van der Waals surface area contributed by atoms with Crippen molar-refractivity contribution in [3.05, 3.63) is 5.56 Å². The molecule has 2 rings (SSSR count). The summed E-state index contributed by atoms with van der Waals surface area (Å²) in [4.78, 5) is 11.8. The fourth-order valence-corrected chi connectivity index (χ4v) is 2.77. The Labute approximate surface area is 111 Å². The molecular formula is C12H19N3O2S. The molecule has 0 amide bonds. The first-order valence-corrected chi connectivity index (χ1v) is 6.99. The van der Waals surface area contributed by atoms with Crippen molar-refractivity contribution in [1.29, 1.82) is 0 Å². The summed E-state index contributed by atoms with van der Waals surface area (Å²) in [6.45, 7) is 5.21. The Hall–Kier alpha value is -1.30. The Kier molecular flexibility index (Phi) is 3.75. The van der Waals surface area contributed by atoms with E-state index in [-0.39, 0.29) is 5.82 Å². The average molecular weight is 269 g/mol. The quantitative estimate of drug-likeness (QED) is 0.803. The van der Waals surface area contributed by atoms with Gasteiger partial charge in [0.2, 0.25) is 0 Å². The van der Waals surface area contributed by atoms with Gasteiger partial charge in [-0.05, 0) is 36.7 Å². The second kappa shape index (κ2) is 5.14.